The van der Waals surface area contributed by atoms with Crippen molar-refractivity contribution in [1.29, 1.82) is 0 Å². The summed E-state index contributed by atoms with van der Waals surface area (Å²) < 4.78 is 0. The van der Waals surface area contributed by atoms with Gasteiger partial charge in [0.25, 0.3) is 5.69 Å². The maximum Gasteiger partial charge on any atom is 0.290 e. The van der Waals surface area contributed by atoms with E-state index in [0.29, 0.717) is 11.5 Å². The fourth-order valence-electron chi connectivity index (χ4n) is 3.93. The number of hydrogen-bond acceptors (Lipinski definition) is 5. The van der Waals surface area contributed by atoms with E-state index < -0.39 is 0 Å². The van der Waals surface area contributed by atoms with Crippen LogP contribution in [-0.4, -0.2) is 47.5 Å². The summed E-state index contributed by atoms with van der Waals surface area (Å²) in [5.74, 6) is 2.43. The molecule has 0 aromatic carbocycles. The molecule has 2 aliphatic rings. The summed E-state index contributed by atoms with van der Waals surface area (Å²) in [6, 6.07) is 1.86. The van der Waals surface area contributed by atoms with Crippen LogP contribution in [0.25, 0.3) is 0 Å². The molecule has 0 saturated carbocycles. The minimum absolute atomic E-state index is 0.106. The Morgan fingerprint density at radius 2 is 2.04 bits per heavy atom. The Kier molecular flexibility index (Phi) is 5.33. The predicted molar refractivity (Wildman–Crippen MR) is 95.4 cm³/mol. The SMILES string of the molecule is Cc1cc(N2CCCC(CN3CCC(C)CC3)C2)ncc1[N+](=O)[O-]. The molecule has 3 heterocycles. The first-order valence-electron chi connectivity index (χ1n) is 9.11. The number of nitrogens with zero attached hydrogens (tertiary/aromatic N) is 4. The lowest BCUT2D eigenvalue weighted by atomic mass is 9.94. The quantitative estimate of drug-likeness (QED) is 0.625. The van der Waals surface area contributed by atoms with E-state index in [2.05, 4.69) is 21.7 Å². The topological polar surface area (TPSA) is 62.5 Å². The summed E-state index contributed by atoms with van der Waals surface area (Å²) in [4.78, 5) is 19.9. The highest BCUT2D eigenvalue weighted by Crippen LogP contribution is 2.27. The highest BCUT2D eigenvalue weighted by Gasteiger charge is 2.25. The first kappa shape index (κ1) is 17.1. The van der Waals surface area contributed by atoms with Crippen molar-refractivity contribution in [3.63, 3.8) is 0 Å². The van der Waals surface area contributed by atoms with Gasteiger partial charge in [-0.15, -0.1) is 0 Å². The van der Waals surface area contributed by atoms with Gasteiger partial charge >= 0.3 is 0 Å². The lowest BCUT2D eigenvalue weighted by Gasteiger charge is -2.38. The zero-order valence-electron chi connectivity index (χ0n) is 14.8. The summed E-state index contributed by atoms with van der Waals surface area (Å²) >= 11 is 0. The van der Waals surface area contributed by atoms with Gasteiger partial charge < -0.3 is 9.80 Å². The van der Waals surface area contributed by atoms with E-state index in [1.165, 1.54) is 51.5 Å². The van der Waals surface area contributed by atoms with Crippen molar-refractivity contribution >= 4 is 11.5 Å². The normalized spacial score (nSPS) is 23.4. The molecule has 1 aromatic heterocycles. The van der Waals surface area contributed by atoms with Crippen molar-refractivity contribution in [2.24, 2.45) is 11.8 Å². The van der Waals surface area contributed by atoms with Crippen LogP contribution in [0.4, 0.5) is 11.5 Å². The molecule has 1 unspecified atom stereocenters. The van der Waals surface area contributed by atoms with E-state index >= 15 is 0 Å². The second-order valence-electron chi connectivity index (χ2n) is 7.52. The lowest BCUT2D eigenvalue weighted by Crippen LogP contribution is -2.43. The number of piperidine rings is 2. The number of anilines is 1. The minimum Gasteiger partial charge on any atom is -0.356 e. The van der Waals surface area contributed by atoms with E-state index in [1.54, 1.807) is 6.92 Å². The first-order valence-corrected chi connectivity index (χ1v) is 9.11. The Morgan fingerprint density at radius 1 is 1.29 bits per heavy atom. The molecular formula is C18H28N4O2. The van der Waals surface area contributed by atoms with Crippen LogP contribution in [0.2, 0.25) is 0 Å². The van der Waals surface area contributed by atoms with Gasteiger partial charge in [0, 0.05) is 25.2 Å². The smallest absolute Gasteiger partial charge is 0.290 e. The van der Waals surface area contributed by atoms with Gasteiger partial charge in [-0.2, -0.15) is 0 Å². The molecule has 132 valence electrons. The van der Waals surface area contributed by atoms with Crippen LogP contribution in [0.3, 0.4) is 0 Å². The van der Waals surface area contributed by atoms with Crippen LogP contribution in [0.1, 0.15) is 38.2 Å². The van der Waals surface area contributed by atoms with Crippen LogP contribution < -0.4 is 4.90 Å². The van der Waals surface area contributed by atoms with E-state index in [4.69, 9.17) is 0 Å². The third kappa shape index (κ3) is 4.04. The standard InChI is InChI=1S/C18H28N4O2/c1-14-5-8-20(9-6-14)12-16-4-3-7-21(13-16)18-10-15(2)17(11-19-18)22(23)24/h10-11,14,16H,3-9,12-13H2,1-2H3. The molecule has 24 heavy (non-hydrogen) atoms. The third-order valence-corrected chi connectivity index (χ3v) is 5.50. The summed E-state index contributed by atoms with van der Waals surface area (Å²) in [6.45, 7) is 9.78. The molecule has 0 aliphatic carbocycles. The third-order valence-electron chi connectivity index (χ3n) is 5.50. The van der Waals surface area contributed by atoms with Gasteiger partial charge in [-0.25, -0.2) is 4.98 Å². The molecular weight excluding hydrogens is 304 g/mol. The second kappa shape index (κ2) is 7.47. The molecule has 0 amide bonds. The number of pyridine rings is 1. The number of hydrogen-bond donors (Lipinski definition) is 0. The van der Waals surface area contributed by atoms with Crippen LogP contribution in [0.15, 0.2) is 12.3 Å². The molecule has 0 spiro atoms. The Balaban J connectivity index is 1.61. The molecule has 3 rings (SSSR count). The first-order chi connectivity index (χ1) is 11.5. The molecule has 0 bridgehead atoms. The molecule has 0 radical (unpaired) electrons. The van der Waals surface area contributed by atoms with Crippen molar-refractivity contribution in [3.05, 3.63) is 27.9 Å². The summed E-state index contributed by atoms with van der Waals surface area (Å²) in [7, 11) is 0. The average molecular weight is 332 g/mol. The zero-order valence-corrected chi connectivity index (χ0v) is 14.8. The monoisotopic (exact) mass is 332 g/mol. The molecule has 1 atom stereocenters. The van der Waals surface area contributed by atoms with Crippen molar-refractivity contribution in [1.82, 2.24) is 9.88 Å². The molecule has 6 nitrogen and oxygen atoms in total. The minimum atomic E-state index is -0.359. The molecule has 2 fully saturated rings. The zero-order chi connectivity index (χ0) is 17.1. The van der Waals surface area contributed by atoms with Crippen LogP contribution in [0.5, 0.6) is 0 Å². The Morgan fingerprint density at radius 3 is 2.71 bits per heavy atom. The molecule has 2 aliphatic heterocycles. The van der Waals surface area contributed by atoms with Crippen molar-refractivity contribution in [3.8, 4) is 0 Å². The fraction of sp³-hybridized carbons (Fsp3) is 0.722. The van der Waals surface area contributed by atoms with E-state index in [-0.39, 0.29) is 10.6 Å². The number of nitro groups is 1. The second-order valence-corrected chi connectivity index (χ2v) is 7.52. The van der Waals surface area contributed by atoms with Gasteiger partial charge in [-0.3, -0.25) is 10.1 Å². The maximum atomic E-state index is 11.0. The van der Waals surface area contributed by atoms with Crippen LogP contribution in [-0.2, 0) is 0 Å². The van der Waals surface area contributed by atoms with E-state index in [1.807, 2.05) is 6.07 Å². The fourth-order valence-corrected chi connectivity index (χ4v) is 3.93. The van der Waals surface area contributed by atoms with Gasteiger partial charge in [-0.1, -0.05) is 6.92 Å². The van der Waals surface area contributed by atoms with Gasteiger partial charge in [0.1, 0.15) is 12.0 Å². The summed E-state index contributed by atoms with van der Waals surface area (Å²) in [5, 5.41) is 11.0. The van der Waals surface area contributed by atoms with Gasteiger partial charge in [0.05, 0.1) is 4.92 Å². The number of aromatic nitrogens is 1. The highest BCUT2D eigenvalue weighted by molar-refractivity contribution is 5.48. The van der Waals surface area contributed by atoms with Crippen molar-refractivity contribution < 1.29 is 4.92 Å². The largest absolute Gasteiger partial charge is 0.356 e. The molecule has 6 heteroatoms. The van der Waals surface area contributed by atoms with Gasteiger partial charge in [0.15, 0.2) is 0 Å². The van der Waals surface area contributed by atoms with Gasteiger partial charge in [0.2, 0.25) is 0 Å². The molecule has 2 saturated heterocycles. The average Bonchev–Trinajstić information content (AvgIpc) is 2.57. The number of aryl methyl sites for hydroxylation is 1. The lowest BCUT2D eigenvalue weighted by molar-refractivity contribution is -0.385. The van der Waals surface area contributed by atoms with Crippen molar-refractivity contribution in [2.45, 2.75) is 39.5 Å². The molecule has 0 N–H and O–H groups in total. The van der Waals surface area contributed by atoms with E-state index in [0.717, 1.165) is 24.8 Å². The van der Waals surface area contributed by atoms with Gasteiger partial charge in [-0.05, 0) is 63.6 Å². The highest BCUT2D eigenvalue weighted by atomic mass is 16.6. The Bertz CT molecular complexity index is 584. The predicted octanol–water partition coefficient (Wildman–Crippen LogP) is 3.25. The number of rotatable bonds is 4. The van der Waals surface area contributed by atoms with Crippen LogP contribution in [0, 0.1) is 28.9 Å². The van der Waals surface area contributed by atoms with Crippen LogP contribution >= 0.6 is 0 Å². The Labute approximate surface area is 144 Å². The van der Waals surface area contributed by atoms with Crippen molar-refractivity contribution in [2.75, 3.05) is 37.6 Å². The summed E-state index contributed by atoms with van der Waals surface area (Å²) in [6.07, 6.45) is 6.49. The molecule has 1 aromatic rings. The number of likely N-dealkylation sites (tertiary alicyclic amines) is 1. The maximum absolute atomic E-state index is 11.0. The summed E-state index contributed by atoms with van der Waals surface area (Å²) in [5.41, 5.74) is 0.798. The Hall–Kier alpha value is -1.69. The van der Waals surface area contributed by atoms with E-state index in [9.17, 15) is 10.1 Å².